The summed E-state index contributed by atoms with van der Waals surface area (Å²) in [5, 5.41) is 12.1. The van der Waals surface area contributed by atoms with Crippen molar-refractivity contribution in [1.29, 1.82) is 0 Å². The molecule has 7 nitrogen and oxygen atoms in total. The number of hydrogen-bond acceptors (Lipinski definition) is 6. The van der Waals surface area contributed by atoms with Crippen LogP contribution in [0.4, 0.5) is 5.82 Å². The molecule has 0 saturated carbocycles. The molecule has 1 aliphatic rings. The van der Waals surface area contributed by atoms with Gasteiger partial charge in [-0.1, -0.05) is 6.08 Å². The normalized spacial score (nSPS) is 22.8. The minimum Gasteiger partial charge on any atom is -0.393 e. The standard InChI is InChI=1S/C11H13N5O2/c1-12-10-9-11(14-5-13-10)15-6-16(9)8-3-2-7(4-17)18-8/h2-3,5-8,17H,4H2,1H3,(H,12,13,14)/t7-,8+/m0/s1. The Labute approximate surface area is 103 Å². The van der Waals surface area contributed by atoms with Gasteiger partial charge in [0.15, 0.2) is 17.7 Å². The maximum Gasteiger partial charge on any atom is 0.183 e. The molecule has 0 fully saturated rings. The Morgan fingerprint density at radius 3 is 3.00 bits per heavy atom. The fourth-order valence-electron chi connectivity index (χ4n) is 2.00. The Morgan fingerprint density at radius 1 is 1.39 bits per heavy atom. The van der Waals surface area contributed by atoms with Crippen LogP contribution in [0.3, 0.4) is 0 Å². The summed E-state index contributed by atoms with van der Waals surface area (Å²) < 4.78 is 7.48. The van der Waals surface area contributed by atoms with E-state index in [-0.39, 0.29) is 18.9 Å². The van der Waals surface area contributed by atoms with Gasteiger partial charge in [0.25, 0.3) is 0 Å². The molecule has 18 heavy (non-hydrogen) atoms. The maximum atomic E-state index is 9.06. The molecule has 2 aromatic rings. The maximum absolute atomic E-state index is 9.06. The van der Waals surface area contributed by atoms with E-state index >= 15 is 0 Å². The second-order valence-electron chi connectivity index (χ2n) is 3.93. The van der Waals surface area contributed by atoms with E-state index in [1.165, 1.54) is 6.33 Å². The van der Waals surface area contributed by atoms with E-state index in [4.69, 9.17) is 9.84 Å². The number of nitrogens with one attached hydrogen (secondary N) is 1. The molecule has 0 spiro atoms. The molecule has 0 aliphatic carbocycles. The van der Waals surface area contributed by atoms with E-state index in [0.29, 0.717) is 11.5 Å². The number of anilines is 1. The highest BCUT2D eigenvalue weighted by Crippen LogP contribution is 2.27. The van der Waals surface area contributed by atoms with Crippen LogP contribution in [0, 0.1) is 0 Å². The van der Waals surface area contributed by atoms with Crippen LogP contribution in [0.1, 0.15) is 6.23 Å². The van der Waals surface area contributed by atoms with E-state index in [0.717, 1.165) is 5.52 Å². The first-order chi connectivity index (χ1) is 8.83. The molecule has 2 aromatic heterocycles. The predicted octanol–water partition coefficient (Wildman–Crippen LogP) is 0.314. The van der Waals surface area contributed by atoms with Crippen molar-refractivity contribution >= 4 is 17.0 Å². The number of aliphatic hydroxyl groups is 1. The quantitative estimate of drug-likeness (QED) is 0.759. The van der Waals surface area contributed by atoms with Crippen LogP contribution >= 0.6 is 0 Å². The fraction of sp³-hybridized carbons (Fsp3) is 0.364. The third-order valence-electron chi connectivity index (χ3n) is 2.86. The molecule has 94 valence electrons. The lowest BCUT2D eigenvalue weighted by atomic mass is 10.4. The molecule has 2 atom stereocenters. The zero-order chi connectivity index (χ0) is 12.5. The number of fused-ring (bicyclic) bond motifs is 1. The van der Waals surface area contributed by atoms with Crippen molar-refractivity contribution in [3.05, 3.63) is 24.8 Å². The fourth-order valence-corrected chi connectivity index (χ4v) is 2.00. The van der Waals surface area contributed by atoms with Gasteiger partial charge in [-0.3, -0.25) is 4.57 Å². The molecule has 3 heterocycles. The first-order valence-electron chi connectivity index (χ1n) is 5.63. The number of aromatic nitrogens is 4. The van der Waals surface area contributed by atoms with E-state index in [1.807, 2.05) is 16.7 Å². The third kappa shape index (κ3) is 1.64. The Balaban J connectivity index is 2.05. The van der Waals surface area contributed by atoms with Crippen molar-refractivity contribution in [1.82, 2.24) is 19.5 Å². The molecule has 0 unspecified atom stereocenters. The van der Waals surface area contributed by atoms with Crippen LogP contribution in [-0.2, 0) is 4.74 Å². The van der Waals surface area contributed by atoms with Crippen LogP contribution in [-0.4, -0.2) is 44.4 Å². The van der Waals surface area contributed by atoms with Gasteiger partial charge in [0, 0.05) is 7.05 Å². The summed E-state index contributed by atoms with van der Waals surface area (Å²) >= 11 is 0. The number of ether oxygens (including phenoxy) is 1. The SMILES string of the molecule is CNc1ncnc2ncn([C@H]3C=C[C@@H](CO)O3)c12. The lowest BCUT2D eigenvalue weighted by Crippen LogP contribution is -2.15. The van der Waals surface area contributed by atoms with Crippen molar-refractivity contribution < 1.29 is 9.84 Å². The Hall–Kier alpha value is -1.99. The first-order valence-corrected chi connectivity index (χ1v) is 5.63. The number of hydrogen-bond donors (Lipinski definition) is 2. The second-order valence-corrected chi connectivity index (χ2v) is 3.93. The largest absolute Gasteiger partial charge is 0.393 e. The molecule has 0 saturated heterocycles. The van der Waals surface area contributed by atoms with Gasteiger partial charge in [0.1, 0.15) is 24.3 Å². The lowest BCUT2D eigenvalue weighted by molar-refractivity contribution is -0.00613. The topological polar surface area (TPSA) is 85.1 Å². The number of nitrogens with zero attached hydrogens (tertiary/aromatic N) is 4. The van der Waals surface area contributed by atoms with Gasteiger partial charge < -0.3 is 15.2 Å². The molecular formula is C11H13N5O2. The first kappa shape index (κ1) is 11.1. The minimum atomic E-state index is -0.287. The summed E-state index contributed by atoms with van der Waals surface area (Å²) in [6.45, 7) is -0.0327. The summed E-state index contributed by atoms with van der Waals surface area (Å²) in [5.74, 6) is 0.696. The average Bonchev–Trinajstić information content (AvgIpc) is 3.03. The van der Waals surface area contributed by atoms with Gasteiger partial charge in [-0.25, -0.2) is 15.0 Å². The van der Waals surface area contributed by atoms with Crippen molar-refractivity contribution in [2.45, 2.75) is 12.3 Å². The van der Waals surface area contributed by atoms with Crippen molar-refractivity contribution in [3.8, 4) is 0 Å². The Morgan fingerprint density at radius 2 is 2.28 bits per heavy atom. The highest BCUT2D eigenvalue weighted by Gasteiger charge is 2.22. The minimum absolute atomic E-state index is 0.0327. The highest BCUT2D eigenvalue weighted by atomic mass is 16.5. The Bertz CT molecular complexity index is 594. The predicted molar refractivity (Wildman–Crippen MR) is 65.0 cm³/mol. The smallest absolute Gasteiger partial charge is 0.183 e. The lowest BCUT2D eigenvalue weighted by Gasteiger charge is -2.15. The van der Waals surface area contributed by atoms with Gasteiger partial charge in [-0.2, -0.15) is 0 Å². The van der Waals surface area contributed by atoms with Crippen LogP contribution in [0.15, 0.2) is 24.8 Å². The van der Waals surface area contributed by atoms with Crippen LogP contribution in [0.25, 0.3) is 11.2 Å². The Kier molecular flexibility index (Phi) is 2.69. The van der Waals surface area contributed by atoms with Gasteiger partial charge >= 0.3 is 0 Å². The molecule has 0 aromatic carbocycles. The van der Waals surface area contributed by atoms with E-state index in [2.05, 4.69) is 20.3 Å². The number of rotatable bonds is 3. The summed E-state index contributed by atoms with van der Waals surface area (Å²) in [6, 6.07) is 0. The van der Waals surface area contributed by atoms with Crippen molar-refractivity contribution in [2.75, 3.05) is 19.0 Å². The summed E-state index contributed by atoms with van der Waals surface area (Å²) in [7, 11) is 1.79. The van der Waals surface area contributed by atoms with Crippen LogP contribution in [0.2, 0.25) is 0 Å². The molecular weight excluding hydrogens is 234 g/mol. The third-order valence-corrected chi connectivity index (χ3v) is 2.86. The van der Waals surface area contributed by atoms with E-state index in [1.54, 1.807) is 13.4 Å². The molecule has 2 N–H and O–H groups in total. The molecule has 0 bridgehead atoms. The van der Waals surface area contributed by atoms with Crippen molar-refractivity contribution in [3.63, 3.8) is 0 Å². The molecule has 7 heteroatoms. The molecule has 0 radical (unpaired) electrons. The number of aliphatic hydroxyl groups excluding tert-OH is 1. The molecule has 1 aliphatic heterocycles. The summed E-state index contributed by atoms with van der Waals surface area (Å²) in [5.41, 5.74) is 1.40. The highest BCUT2D eigenvalue weighted by molar-refractivity contribution is 5.82. The summed E-state index contributed by atoms with van der Waals surface area (Å²) in [4.78, 5) is 12.5. The van der Waals surface area contributed by atoms with E-state index < -0.39 is 0 Å². The van der Waals surface area contributed by atoms with Gasteiger partial charge in [0.2, 0.25) is 0 Å². The number of imidazole rings is 1. The van der Waals surface area contributed by atoms with Crippen LogP contribution < -0.4 is 5.32 Å². The monoisotopic (exact) mass is 247 g/mol. The average molecular weight is 247 g/mol. The van der Waals surface area contributed by atoms with E-state index in [9.17, 15) is 0 Å². The molecule has 0 amide bonds. The second kappa shape index (κ2) is 4.35. The zero-order valence-corrected chi connectivity index (χ0v) is 9.82. The molecule has 3 rings (SSSR count). The zero-order valence-electron chi connectivity index (χ0n) is 9.82. The van der Waals surface area contributed by atoms with Gasteiger partial charge in [0.05, 0.1) is 6.61 Å². The van der Waals surface area contributed by atoms with Gasteiger partial charge in [-0.15, -0.1) is 0 Å². The van der Waals surface area contributed by atoms with Crippen LogP contribution in [0.5, 0.6) is 0 Å². The summed E-state index contributed by atoms with van der Waals surface area (Å²) in [6.07, 6.45) is 6.29. The van der Waals surface area contributed by atoms with Crippen molar-refractivity contribution in [2.24, 2.45) is 0 Å². The van der Waals surface area contributed by atoms with Gasteiger partial charge in [-0.05, 0) is 6.08 Å².